The van der Waals surface area contributed by atoms with E-state index in [0.717, 1.165) is 22.6 Å². The van der Waals surface area contributed by atoms with Crippen LogP contribution in [0.3, 0.4) is 0 Å². The monoisotopic (exact) mass is 497 g/mol. The van der Waals surface area contributed by atoms with Crippen LogP contribution in [0.4, 0.5) is 5.69 Å². The van der Waals surface area contributed by atoms with E-state index in [1.807, 2.05) is 83.8 Å². The highest BCUT2D eigenvalue weighted by Gasteiger charge is 2.27. The molecule has 1 heterocycles. The number of rotatable bonds is 10. The van der Waals surface area contributed by atoms with Crippen LogP contribution in [0, 0.1) is 17.2 Å². The molecule has 1 aliphatic heterocycles. The van der Waals surface area contributed by atoms with Crippen LogP contribution < -0.4 is 14.8 Å². The van der Waals surface area contributed by atoms with Gasteiger partial charge in [-0.05, 0) is 48.7 Å². The Kier molecular flexibility index (Phi) is 9.14. The van der Waals surface area contributed by atoms with E-state index >= 15 is 0 Å². The summed E-state index contributed by atoms with van der Waals surface area (Å²) in [5.41, 5.74) is 2.55. The fourth-order valence-electron chi connectivity index (χ4n) is 4.28. The van der Waals surface area contributed by atoms with Crippen molar-refractivity contribution < 1.29 is 19.1 Å². The zero-order chi connectivity index (χ0) is 25.9. The lowest BCUT2D eigenvalue weighted by Crippen LogP contribution is -2.41. The Morgan fingerprint density at radius 1 is 0.892 bits per heavy atom. The SMILES string of the molecule is N#CCc1ccc(OCc2ccccc2NC(=O)C2CCN(C(=O)CCOc3ccccc3)CC2)cc1. The quantitative estimate of drug-likeness (QED) is 0.427. The molecule has 190 valence electrons. The molecule has 0 aliphatic carbocycles. The van der Waals surface area contributed by atoms with Crippen molar-refractivity contribution in [1.82, 2.24) is 4.90 Å². The average Bonchev–Trinajstić information content (AvgIpc) is 2.94. The molecule has 0 saturated carbocycles. The molecular weight excluding hydrogens is 466 g/mol. The van der Waals surface area contributed by atoms with Gasteiger partial charge in [0.1, 0.15) is 18.1 Å². The van der Waals surface area contributed by atoms with Crippen LogP contribution in [0.1, 0.15) is 30.4 Å². The summed E-state index contributed by atoms with van der Waals surface area (Å²) >= 11 is 0. The van der Waals surface area contributed by atoms with Gasteiger partial charge < -0.3 is 19.7 Å². The number of anilines is 1. The van der Waals surface area contributed by atoms with Crippen molar-refractivity contribution in [1.29, 1.82) is 5.26 Å². The summed E-state index contributed by atoms with van der Waals surface area (Å²) in [6.45, 7) is 1.78. The van der Waals surface area contributed by atoms with E-state index in [0.29, 0.717) is 57.7 Å². The number of nitrogens with one attached hydrogen (secondary N) is 1. The summed E-state index contributed by atoms with van der Waals surface area (Å²) in [6.07, 6.45) is 1.95. The van der Waals surface area contributed by atoms with Crippen LogP contribution >= 0.6 is 0 Å². The van der Waals surface area contributed by atoms with E-state index in [4.69, 9.17) is 14.7 Å². The van der Waals surface area contributed by atoms with Gasteiger partial charge in [0, 0.05) is 30.3 Å². The Labute approximate surface area is 217 Å². The number of piperidine rings is 1. The van der Waals surface area contributed by atoms with E-state index in [-0.39, 0.29) is 17.7 Å². The van der Waals surface area contributed by atoms with Gasteiger partial charge in [0.2, 0.25) is 11.8 Å². The first-order valence-electron chi connectivity index (χ1n) is 12.6. The third-order valence-electron chi connectivity index (χ3n) is 6.42. The largest absolute Gasteiger partial charge is 0.493 e. The smallest absolute Gasteiger partial charge is 0.227 e. The Hall–Kier alpha value is -4.31. The predicted molar refractivity (Wildman–Crippen MR) is 141 cm³/mol. The van der Waals surface area contributed by atoms with Crippen molar-refractivity contribution in [3.05, 3.63) is 90.0 Å². The molecule has 37 heavy (non-hydrogen) atoms. The number of amides is 2. The number of hydrogen-bond acceptors (Lipinski definition) is 5. The summed E-state index contributed by atoms with van der Waals surface area (Å²) in [6, 6.07) is 26.6. The third kappa shape index (κ3) is 7.58. The van der Waals surface area contributed by atoms with Gasteiger partial charge in [0.05, 0.1) is 25.5 Å². The molecule has 7 heteroatoms. The highest BCUT2D eigenvalue weighted by Crippen LogP contribution is 2.23. The van der Waals surface area contributed by atoms with Gasteiger partial charge in [-0.3, -0.25) is 9.59 Å². The molecule has 2 amide bonds. The number of likely N-dealkylation sites (tertiary alicyclic amines) is 1. The van der Waals surface area contributed by atoms with E-state index in [2.05, 4.69) is 11.4 Å². The van der Waals surface area contributed by atoms with Crippen molar-refractivity contribution >= 4 is 17.5 Å². The molecule has 1 saturated heterocycles. The van der Waals surface area contributed by atoms with E-state index in [1.165, 1.54) is 0 Å². The minimum absolute atomic E-state index is 0.0344. The first kappa shape index (κ1) is 25.8. The van der Waals surface area contributed by atoms with Crippen molar-refractivity contribution in [2.24, 2.45) is 5.92 Å². The molecule has 3 aromatic carbocycles. The van der Waals surface area contributed by atoms with Gasteiger partial charge >= 0.3 is 0 Å². The van der Waals surface area contributed by atoms with Crippen LogP contribution in [-0.2, 0) is 22.6 Å². The van der Waals surface area contributed by atoms with E-state index < -0.39 is 0 Å². The minimum atomic E-state index is -0.147. The van der Waals surface area contributed by atoms with Gasteiger partial charge in [-0.1, -0.05) is 48.5 Å². The summed E-state index contributed by atoms with van der Waals surface area (Å²) < 4.78 is 11.5. The van der Waals surface area contributed by atoms with Gasteiger partial charge in [0.15, 0.2) is 0 Å². The predicted octanol–water partition coefficient (Wildman–Crippen LogP) is 4.98. The second kappa shape index (κ2) is 13.1. The Morgan fingerprint density at radius 3 is 2.30 bits per heavy atom. The average molecular weight is 498 g/mol. The van der Waals surface area contributed by atoms with Crippen molar-refractivity contribution in [3.63, 3.8) is 0 Å². The number of nitriles is 1. The molecule has 0 spiro atoms. The zero-order valence-electron chi connectivity index (χ0n) is 20.8. The molecule has 0 aromatic heterocycles. The number of ether oxygens (including phenoxy) is 2. The van der Waals surface area contributed by atoms with Crippen LogP contribution in [0.25, 0.3) is 0 Å². The van der Waals surface area contributed by atoms with Gasteiger partial charge in [-0.2, -0.15) is 5.26 Å². The van der Waals surface area contributed by atoms with Crippen LogP contribution in [0.5, 0.6) is 11.5 Å². The molecule has 0 radical (unpaired) electrons. The van der Waals surface area contributed by atoms with E-state index in [1.54, 1.807) is 0 Å². The standard InChI is InChI=1S/C30H31N3O4/c31-18-14-23-10-12-27(13-11-23)37-22-25-6-4-5-9-28(25)32-30(35)24-15-19-33(20-16-24)29(34)17-21-36-26-7-2-1-3-8-26/h1-13,24H,14-17,19-22H2,(H,32,35). The fourth-order valence-corrected chi connectivity index (χ4v) is 4.28. The first-order chi connectivity index (χ1) is 18.1. The Balaban J connectivity index is 1.23. The topological polar surface area (TPSA) is 91.7 Å². The van der Waals surface area contributed by atoms with Crippen molar-refractivity contribution in [3.8, 4) is 17.6 Å². The van der Waals surface area contributed by atoms with Crippen molar-refractivity contribution in [2.45, 2.75) is 32.3 Å². The molecule has 1 fully saturated rings. The molecule has 1 aliphatic rings. The van der Waals surface area contributed by atoms with E-state index in [9.17, 15) is 9.59 Å². The summed E-state index contributed by atoms with van der Waals surface area (Å²) in [5, 5.41) is 11.9. The third-order valence-corrected chi connectivity index (χ3v) is 6.42. The number of nitrogens with zero attached hydrogens (tertiary/aromatic N) is 2. The molecule has 4 rings (SSSR count). The van der Waals surface area contributed by atoms with Crippen LogP contribution in [0.15, 0.2) is 78.9 Å². The maximum absolute atomic E-state index is 13.0. The minimum Gasteiger partial charge on any atom is -0.493 e. The lowest BCUT2D eigenvalue weighted by molar-refractivity contribution is -0.135. The number of carbonyl (C=O) groups is 2. The van der Waals surface area contributed by atoms with Crippen LogP contribution in [-0.4, -0.2) is 36.4 Å². The number of benzene rings is 3. The highest BCUT2D eigenvalue weighted by atomic mass is 16.5. The second-order valence-electron chi connectivity index (χ2n) is 8.98. The molecule has 7 nitrogen and oxygen atoms in total. The molecular formula is C30H31N3O4. The number of para-hydroxylation sites is 2. The Bertz CT molecular complexity index is 1210. The molecule has 3 aromatic rings. The lowest BCUT2D eigenvalue weighted by atomic mass is 9.95. The number of carbonyl (C=O) groups excluding carboxylic acids is 2. The van der Waals surface area contributed by atoms with Gasteiger partial charge in [0.25, 0.3) is 0 Å². The van der Waals surface area contributed by atoms with Gasteiger partial charge in [-0.25, -0.2) is 0 Å². The maximum atomic E-state index is 13.0. The molecule has 1 N–H and O–H groups in total. The van der Waals surface area contributed by atoms with Crippen LogP contribution in [0.2, 0.25) is 0 Å². The normalized spacial score (nSPS) is 13.4. The number of hydrogen-bond donors (Lipinski definition) is 1. The van der Waals surface area contributed by atoms with Gasteiger partial charge in [-0.15, -0.1) is 0 Å². The fraction of sp³-hybridized carbons (Fsp3) is 0.300. The summed E-state index contributed by atoms with van der Waals surface area (Å²) in [7, 11) is 0. The Morgan fingerprint density at radius 2 is 1.57 bits per heavy atom. The lowest BCUT2D eigenvalue weighted by Gasteiger charge is -2.31. The molecule has 0 atom stereocenters. The highest BCUT2D eigenvalue weighted by molar-refractivity contribution is 5.93. The summed E-state index contributed by atoms with van der Waals surface area (Å²) in [5.74, 6) is 1.33. The maximum Gasteiger partial charge on any atom is 0.227 e. The molecule has 0 unspecified atom stereocenters. The first-order valence-corrected chi connectivity index (χ1v) is 12.6. The zero-order valence-corrected chi connectivity index (χ0v) is 20.8. The van der Waals surface area contributed by atoms with Crippen molar-refractivity contribution in [2.75, 3.05) is 25.0 Å². The second-order valence-corrected chi connectivity index (χ2v) is 8.98. The molecule has 0 bridgehead atoms. The summed E-state index contributed by atoms with van der Waals surface area (Å²) in [4.78, 5) is 27.4.